The highest BCUT2D eigenvalue weighted by Gasteiger charge is 2.70. The van der Waals surface area contributed by atoms with Gasteiger partial charge in [0, 0.05) is 6.42 Å². The molecule has 6 rings (SSSR count). The highest BCUT2D eigenvalue weighted by molar-refractivity contribution is 5.86. The van der Waals surface area contributed by atoms with Crippen LogP contribution < -0.4 is 0 Å². The van der Waals surface area contributed by atoms with Crippen LogP contribution in [0.1, 0.15) is 79.1 Å². The Morgan fingerprint density at radius 3 is 2.48 bits per heavy atom. The summed E-state index contributed by atoms with van der Waals surface area (Å²) in [5.41, 5.74) is -0.135. The minimum Gasteiger partial charge on any atom is -0.395 e. The number of aliphatic hydroxyl groups is 1. The third kappa shape index (κ3) is 2.24. The largest absolute Gasteiger partial charge is 0.395 e. The molecular formula is C23H36O4. The first-order valence-electron chi connectivity index (χ1n) is 11.1. The van der Waals surface area contributed by atoms with Crippen molar-refractivity contribution >= 4 is 5.78 Å². The maximum absolute atomic E-state index is 12.7. The van der Waals surface area contributed by atoms with Crippen molar-refractivity contribution in [3.8, 4) is 0 Å². The Kier molecular flexibility index (Phi) is 3.69. The fourth-order valence-corrected chi connectivity index (χ4v) is 8.67. The molecule has 0 aromatic rings. The van der Waals surface area contributed by atoms with Crippen molar-refractivity contribution in [2.75, 3.05) is 13.2 Å². The van der Waals surface area contributed by atoms with E-state index in [4.69, 9.17) is 9.47 Å². The third-order valence-electron chi connectivity index (χ3n) is 9.91. The van der Waals surface area contributed by atoms with Crippen LogP contribution in [0.5, 0.6) is 0 Å². The summed E-state index contributed by atoms with van der Waals surface area (Å²) in [6.45, 7) is 9.34. The Morgan fingerprint density at radius 1 is 1.07 bits per heavy atom. The van der Waals surface area contributed by atoms with Crippen LogP contribution in [-0.2, 0) is 14.3 Å². The van der Waals surface area contributed by atoms with Crippen molar-refractivity contribution in [2.45, 2.75) is 90.4 Å². The van der Waals surface area contributed by atoms with Crippen molar-refractivity contribution in [1.29, 1.82) is 0 Å². The SMILES string of the molecule is CC1(C)OC[C@@]2(C[C@]34CC[C@H]2C[C@H]3[C@]2(C)CCC(=O)[C@@](C)(CO)[C@H]2CC4)O1. The molecule has 0 unspecified atom stereocenters. The van der Waals surface area contributed by atoms with Gasteiger partial charge in [-0.05, 0) is 87.4 Å². The van der Waals surface area contributed by atoms with E-state index in [1.807, 2.05) is 6.92 Å². The van der Waals surface area contributed by atoms with E-state index in [0.29, 0.717) is 29.6 Å². The van der Waals surface area contributed by atoms with Gasteiger partial charge in [0.2, 0.25) is 0 Å². The van der Waals surface area contributed by atoms with Crippen molar-refractivity contribution in [1.82, 2.24) is 0 Å². The number of aliphatic hydroxyl groups excluding tert-OH is 1. The summed E-state index contributed by atoms with van der Waals surface area (Å²) in [6.07, 6.45) is 8.79. The number of carbonyl (C=O) groups excluding carboxylic acids is 1. The minimum absolute atomic E-state index is 0.00428. The first-order chi connectivity index (χ1) is 12.6. The quantitative estimate of drug-likeness (QED) is 0.749. The molecule has 1 aliphatic heterocycles. The lowest BCUT2D eigenvalue weighted by atomic mass is 9.35. The molecule has 152 valence electrons. The molecule has 4 nitrogen and oxygen atoms in total. The zero-order valence-electron chi connectivity index (χ0n) is 17.5. The summed E-state index contributed by atoms with van der Waals surface area (Å²) in [4.78, 5) is 12.7. The fourth-order valence-electron chi connectivity index (χ4n) is 8.67. The second-order valence-corrected chi connectivity index (χ2v) is 11.5. The average molecular weight is 377 g/mol. The van der Waals surface area contributed by atoms with Crippen LogP contribution >= 0.6 is 0 Å². The first kappa shape index (κ1) is 18.6. The molecule has 5 aliphatic carbocycles. The lowest BCUT2D eigenvalue weighted by Crippen LogP contribution is -2.67. The molecule has 2 bridgehead atoms. The molecule has 5 saturated carbocycles. The number of ether oxygens (including phenoxy) is 2. The lowest BCUT2D eigenvalue weighted by Gasteiger charge is -2.70. The van der Waals surface area contributed by atoms with Crippen LogP contribution in [0.2, 0.25) is 0 Å². The number of hydrogen-bond donors (Lipinski definition) is 1. The van der Waals surface area contributed by atoms with E-state index >= 15 is 0 Å². The number of ketones is 1. The van der Waals surface area contributed by atoms with Gasteiger partial charge in [-0.2, -0.15) is 0 Å². The van der Waals surface area contributed by atoms with E-state index in [1.165, 1.54) is 25.7 Å². The molecule has 1 heterocycles. The number of fused-ring (bicyclic) bond motifs is 2. The van der Waals surface area contributed by atoms with Crippen LogP contribution in [0.3, 0.4) is 0 Å². The molecule has 0 amide bonds. The molecule has 7 atom stereocenters. The molecule has 0 aromatic heterocycles. The highest BCUT2D eigenvalue weighted by atomic mass is 16.8. The molecule has 6 fully saturated rings. The second kappa shape index (κ2) is 5.37. The van der Waals surface area contributed by atoms with E-state index in [1.54, 1.807) is 0 Å². The van der Waals surface area contributed by atoms with Crippen LogP contribution in [0.4, 0.5) is 0 Å². The van der Waals surface area contributed by atoms with Crippen molar-refractivity contribution in [3.63, 3.8) is 0 Å². The van der Waals surface area contributed by atoms with Gasteiger partial charge in [0.15, 0.2) is 5.79 Å². The van der Waals surface area contributed by atoms with Crippen LogP contribution in [0.15, 0.2) is 0 Å². The monoisotopic (exact) mass is 376 g/mol. The third-order valence-corrected chi connectivity index (χ3v) is 9.91. The Balaban J connectivity index is 1.51. The smallest absolute Gasteiger partial charge is 0.163 e. The predicted octanol–water partition coefficient (Wildman–Crippen LogP) is 4.09. The van der Waals surface area contributed by atoms with Crippen molar-refractivity contribution in [2.24, 2.45) is 34.0 Å². The van der Waals surface area contributed by atoms with Crippen LogP contribution in [-0.4, -0.2) is 35.5 Å². The minimum atomic E-state index is -0.544. The van der Waals surface area contributed by atoms with E-state index in [-0.39, 0.29) is 23.4 Å². The molecule has 0 aromatic carbocycles. The molecule has 1 N–H and O–H groups in total. The van der Waals surface area contributed by atoms with Gasteiger partial charge < -0.3 is 14.6 Å². The Morgan fingerprint density at radius 2 is 1.81 bits per heavy atom. The standard InChI is InChI=1S/C23H36O4/c1-19(2)26-14-23(27-19)12-22-9-5-15(23)11-17(22)20(3)8-7-18(25)21(4,13-24)16(20)6-10-22/h15-17,24H,5-14H2,1-4H3/t15-,16-,17-,20+,21-,22+,23+/m0/s1. The zero-order chi connectivity index (χ0) is 19.3. The summed E-state index contributed by atoms with van der Waals surface area (Å²) in [7, 11) is 0. The van der Waals surface area contributed by atoms with Crippen molar-refractivity contribution < 1.29 is 19.4 Å². The molecule has 4 heteroatoms. The van der Waals surface area contributed by atoms with Gasteiger partial charge in [0.25, 0.3) is 0 Å². The van der Waals surface area contributed by atoms with Gasteiger partial charge in [-0.3, -0.25) is 4.79 Å². The first-order valence-corrected chi connectivity index (χ1v) is 11.1. The summed E-state index contributed by atoms with van der Waals surface area (Å²) >= 11 is 0. The molecule has 0 radical (unpaired) electrons. The van der Waals surface area contributed by atoms with Crippen molar-refractivity contribution in [3.05, 3.63) is 0 Å². The second-order valence-electron chi connectivity index (χ2n) is 11.5. The van der Waals surface area contributed by atoms with E-state index < -0.39 is 11.2 Å². The Hall–Kier alpha value is -0.450. The lowest BCUT2D eigenvalue weighted by molar-refractivity contribution is -0.255. The van der Waals surface area contributed by atoms with Gasteiger partial charge in [-0.25, -0.2) is 0 Å². The highest BCUT2D eigenvalue weighted by Crippen LogP contribution is 2.73. The van der Waals surface area contributed by atoms with E-state index in [9.17, 15) is 9.90 Å². The summed E-state index contributed by atoms with van der Waals surface area (Å²) < 4.78 is 12.6. The molecule has 27 heavy (non-hydrogen) atoms. The van der Waals surface area contributed by atoms with Gasteiger partial charge in [-0.1, -0.05) is 13.8 Å². The fraction of sp³-hybridized carbons (Fsp3) is 0.957. The maximum atomic E-state index is 12.7. The summed E-state index contributed by atoms with van der Waals surface area (Å²) in [5.74, 6) is 1.37. The molecular weight excluding hydrogens is 340 g/mol. The number of Topliss-reactive ketones (excluding diaryl/α,β-unsaturated/α-hetero) is 1. The van der Waals surface area contributed by atoms with Gasteiger partial charge in [0.1, 0.15) is 5.78 Å². The van der Waals surface area contributed by atoms with Crippen LogP contribution in [0.25, 0.3) is 0 Å². The molecule has 1 saturated heterocycles. The van der Waals surface area contributed by atoms with E-state index in [0.717, 1.165) is 25.9 Å². The van der Waals surface area contributed by atoms with Crippen LogP contribution in [0, 0.1) is 34.0 Å². The normalized spacial score (nSPS) is 56.2. The number of hydrogen-bond acceptors (Lipinski definition) is 4. The van der Waals surface area contributed by atoms with E-state index in [2.05, 4.69) is 20.8 Å². The summed E-state index contributed by atoms with van der Waals surface area (Å²) in [6, 6.07) is 0. The molecule has 6 aliphatic rings. The van der Waals surface area contributed by atoms with Gasteiger partial charge in [0.05, 0.1) is 24.2 Å². The van der Waals surface area contributed by atoms with Gasteiger partial charge in [-0.15, -0.1) is 0 Å². The number of carbonyl (C=O) groups is 1. The topological polar surface area (TPSA) is 55.8 Å². The number of rotatable bonds is 1. The zero-order valence-corrected chi connectivity index (χ0v) is 17.5. The van der Waals surface area contributed by atoms with Gasteiger partial charge >= 0.3 is 0 Å². The summed E-state index contributed by atoms with van der Waals surface area (Å²) in [5, 5.41) is 10.2. The Bertz CT molecular complexity index is 673. The average Bonchev–Trinajstić information content (AvgIpc) is 2.92. The maximum Gasteiger partial charge on any atom is 0.163 e. The molecule has 2 spiro atoms. The predicted molar refractivity (Wildman–Crippen MR) is 102 cm³/mol. The Labute approximate surface area is 163 Å².